The van der Waals surface area contributed by atoms with Crippen molar-refractivity contribution in [2.75, 3.05) is 33.5 Å². The molecule has 0 aliphatic carbocycles. The summed E-state index contributed by atoms with van der Waals surface area (Å²) in [6.45, 7) is 1.45. The minimum Gasteiger partial charge on any atom is -0.409 e. The maximum atomic E-state index is 12.0. The number of hydrogen-bond donors (Lipinski definition) is 2. The van der Waals surface area contributed by atoms with Gasteiger partial charge in [-0.2, -0.15) is 0 Å². The fourth-order valence-electron chi connectivity index (χ4n) is 1.99. The lowest BCUT2D eigenvalue weighted by Crippen LogP contribution is -2.51. The van der Waals surface area contributed by atoms with Gasteiger partial charge in [0.2, 0.25) is 5.91 Å². The molecule has 3 N–H and O–H groups in total. The van der Waals surface area contributed by atoms with Gasteiger partial charge in [-0.1, -0.05) is 5.16 Å². The van der Waals surface area contributed by atoms with Crippen LogP contribution in [0.1, 0.15) is 19.3 Å². The van der Waals surface area contributed by atoms with Gasteiger partial charge in [0.05, 0.1) is 19.3 Å². The number of amides is 1. The molecule has 1 atom stereocenters. The molecular formula is C11H21N3O4. The topological polar surface area (TPSA) is 97.4 Å². The predicted octanol–water partition coefficient (Wildman–Crippen LogP) is -0.223. The van der Waals surface area contributed by atoms with Crippen molar-refractivity contribution in [3.63, 3.8) is 0 Å². The summed E-state index contributed by atoms with van der Waals surface area (Å²) >= 11 is 0. The molecule has 1 saturated heterocycles. The van der Waals surface area contributed by atoms with Crippen LogP contribution in [0.3, 0.4) is 0 Å². The summed E-state index contributed by atoms with van der Waals surface area (Å²) in [7, 11) is 1.57. The SMILES string of the molecule is COCCOCC(=O)N1CCCCC1C(N)=NO. The molecular weight excluding hydrogens is 238 g/mol. The van der Waals surface area contributed by atoms with Crippen LogP contribution in [0.25, 0.3) is 0 Å². The third kappa shape index (κ3) is 4.15. The van der Waals surface area contributed by atoms with Crippen LogP contribution in [0.2, 0.25) is 0 Å². The average molecular weight is 259 g/mol. The van der Waals surface area contributed by atoms with Crippen LogP contribution in [0.5, 0.6) is 0 Å². The highest BCUT2D eigenvalue weighted by molar-refractivity contribution is 5.90. The molecule has 0 aromatic heterocycles. The van der Waals surface area contributed by atoms with Gasteiger partial charge in [-0.15, -0.1) is 0 Å². The van der Waals surface area contributed by atoms with Gasteiger partial charge in [0.15, 0.2) is 5.84 Å². The van der Waals surface area contributed by atoms with E-state index in [4.69, 9.17) is 20.4 Å². The summed E-state index contributed by atoms with van der Waals surface area (Å²) in [6, 6.07) is -0.317. The highest BCUT2D eigenvalue weighted by Crippen LogP contribution is 2.17. The van der Waals surface area contributed by atoms with E-state index in [-0.39, 0.29) is 24.4 Å². The molecule has 7 nitrogen and oxygen atoms in total. The fraction of sp³-hybridized carbons (Fsp3) is 0.818. The molecule has 0 saturated carbocycles. The smallest absolute Gasteiger partial charge is 0.249 e. The molecule has 1 amide bonds. The highest BCUT2D eigenvalue weighted by Gasteiger charge is 2.29. The Hall–Kier alpha value is -1.34. The summed E-state index contributed by atoms with van der Waals surface area (Å²) in [5, 5.41) is 11.7. The number of nitrogens with zero attached hydrogens (tertiary/aromatic N) is 2. The summed E-state index contributed by atoms with van der Waals surface area (Å²) in [6.07, 6.45) is 2.62. The second kappa shape index (κ2) is 7.88. The first-order chi connectivity index (χ1) is 8.70. The highest BCUT2D eigenvalue weighted by atomic mass is 16.5. The Morgan fingerprint density at radius 3 is 2.94 bits per heavy atom. The molecule has 0 aromatic rings. The number of amidine groups is 1. The van der Waals surface area contributed by atoms with E-state index in [2.05, 4.69) is 5.16 Å². The number of rotatable bonds is 6. The Kier molecular flexibility index (Phi) is 6.45. The van der Waals surface area contributed by atoms with E-state index in [1.54, 1.807) is 12.0 Å². The third-order valence-electron chi connectivity index (χ3n) is 2.94. The fourth-order valence-corrected chi connectivity index (χ4v) is 1.99. The molecule has 1 aliphatic heterocycles. The number of ether oxygens (including phenoxy) is 2. The van der Waals surface area contributed by atoms with Crippen molar-refractivity contribution in [2.24, 2.45) is 10.9 Å². The van der Waals surface area contributed by atoms with E-state index in [0.717, 1.165) is 19.3 Å². The number of carbonyl (C=O) groups is 1. The van der Waals surface area contributed by atoms with Crippen LogP contribution in [0.4, 0.5) is 0 Å². The molecule has 0 radical (unpaired) electrons. The largest absolute Gasteiger partial charge is 0.409 e. The number of piperidine rings is 1. The Morgan fingerprint density at radius 1 is 1.50 bits per heavy atom. The van der Waals surface area contributed by atoms with Gasteiger partial charge in [-0.3, -0.25) is 4.79 Å². The number of nitrogens with two attached hydrogens (primary N) is 1. The quantitative estimate of drug-likeness (QED) is 0.226. The molecule has 1 heterocycles. The first kappa shape index (κ1) is 14.7. The van der Waals surface area contributed by atoms with Crippen LogP contribution in [-0.4, -0.2) is 61.4 Å². The van der Waals surface area contributed by atoms with E-state index >= 15 is 0 Å². The second-order valence-electron chi connectivity index (χ2n) is 4.17. The van der Waals surface area contributed by atoms with Gasteiger partial charge in [-0.25, -0.2) is 0 Å². The minimum atomic E-state index is -0.317. The number of carbonyl (C=O) groups excluding carboxylic acids is 1. The lowest BCUT2D eigenvalue weighted by Gasteiger charge is -2.34. The van der Waals surface area contributed by atoms with Crippen LogP contribution in [-0.2, 0) is 14.3 Å². The normalized spacial score (nSPS) is 21.1. The van der Waals surface area contributed by atoms with E-state index in [9.17, 15) is 4.79 Å². The lowest BCUT2D eigenvalue weighted by atomic mass is 10.0. The van der Waals surface area contributed by atoms with Crippen molar-refractivity contribution in [1.82, 2.24) is 4.90 Å². The number of oxime groups is 1. The summed E-state index contributed by atoms with van der Waals surface area (Å²) in [5.41, 5.74) is 5.60. The average Bonchev–Trinajstić information content (AvgIpc) is 2.42. The van der Waals surface area contributed by atoms with Crippen molar-refractivity contribution < 1.29 is 19.5 Å². The van der Waals surface area contributed by atoms with E-state index in [1.165, 1.54) is 0 Å². The van der Waals surface area contributed by atoms with Crippen molar-refractivity contribution in [1.29, 1.82) is 0 Å². The Balaban J connectivity index is 2.47. The molecule has 0 aromatic carbocycles. The Morgan fingerprint density at radius 2 is 2.28 bits per heavy atom. The number of methoxy groups -OCH3 is 1. The van der Waals surface area contributed by atoms with Gasteiger partial charge in [0.25, 0.3) is 0 Å². The first-order valence-electron chi connectivity index (χ1n) is 6.04. The zero-order valence-corrected chi connectivity index (χ0v) is 10.7. The molecule has 0 spiro atoms. The molecule has 104 valence electrons. The summed E-state index contributed by atoms with van der Waals surface area (Å²) < 4.78 is 10.0. The van der Waals surface area contributed by atoms with Crippen LogP contribution < -0.4 is 5.73 Å². The number of hydrogen-bond acceptors (Lipinski definition) is 5. The van der Waals surface area contributed by atoms with Crippen molar-refractivity contribution >= 4 is 11.7 Å². The maximum absolute atomic E-state index is 12.0. The molecule has 18 heavy (non-hydrogen) atoms. The van der Waals surface area contributed by atoms with Crippen LogP contribution in [0, 0.1) is 0 Å². The van der Waals surface area contributed by atoms with E-state index in [1.807, 2.05) is 0 Å². The van der Waals surface area contributed by atoms with Crippen molar-refractivity contribution in [3.05, 3.63) is 0 Å². The molecule has 0 bridgehead atoms. The second-order valence-corrected chi connectivity index (χ2v) is 4.17. The number of likely N-dealkylation sites (tertiary alicyclic amines) is 1. The monoisotopic (exact) mass is 259 g/mol. The molecule has 7 heteroatoms. The van der Waals surface area contributed by atoms with Gasteiger partial charge in [0, 0.05) is 13.7 Å². The Labute approximate surface area is 107 Å². The predicted molar refractivity (Wildman–Crippen MR) is 65.5 cm³/mol. The zero-order chi connectivity index (χ0) is 13.4. The van der Waals surface area contributed by atoms with E-state index in [0.29, 0.717) is 19.8 Å². The standard InChI is InChI=1S/C11H21N3O4/c1-17-6-7-18-8-10(15)14-5-3-2-4-9(14)11(12)13-16/h9,16H,2-8H2,1H3,(H2,12,13). The lowest BCUT2D eigenvalue weighted by molar-refractivity contribution is -0.138. The first-order valence-corrected chi connectivity index (χ1v) is 6.04. The summed E-state index contributed by atoms with van der Waals surface area (Å²) in [4.78, 5) is 13.6. The van der Waals surface area contributed by atoms with Crippen LogP contribution >= 0.6 is 0 Å². The van der Waals surface area contributed by atoms with E-state index < -0.39 is 0 Å². The van der Waals surface area contributed by atoms with Gasteiger partial charge < -0.3 is 25.3 Å². The van der Waals surface area contributed by atoms with Crippen molar-refractivity contribution in [3.8, 4) is 0 Å². The molecule has 1 fully saturated rings. The van der Waals surface area contributed by atoms with Gasteiger partial charge >= 0.3 is 0 Å². The van der Waals surface area contributed by atoms with Crippen molar-refractivity contribution in [2.45, 2.75) is 25.3 Å². The molecule has 1 aliphatic rings. The zero-order valence-electron chi connectivity index (χ0n) is 10.7. The van der Waals surface area contributed by atoms with Gasteiger partial charge in [-0.05, 0) is 19.3 Å². The molecule has 1 rings (SSSR count). The molecule has 1 unspecified atom stereocenters. The minimum absolute atomic E-state index is 0.00142. The summed E-state index contributed by atoms with van der Waals surface area (Å²) in [5.74, 6) is -0.0534. The maximum Gasteiger partial charge on any atom is 0.249 e. The third-order valence-corrected chi connectivity index (χ3v) is 2.94. The van der Waals surface area contributed by atoms with Gasteiger partial charge in [0.1, 0.15) is 6.61 Å². The van der Waals surface area contributed by atoms with Crippen LogP contribution in [0.15, 0.2) is 5.16 Å². The Bertz CT molecular complexity index is 296.